The van der Waals surface area contributed by atoms with Gasteiger partial charge in [0.15, 0.2) is 0 Å². The average Bonchev–Trinajstić information content (AvgIpc) is 2.37. The van der Waals surface area contributed by atoms with Gasteiger partial charge in [-0.05, 0) is 25.5 Å². The Morgan fingerprint density at radius 2 is 2.11 bits per heavy atom. The van der Waals surface area contributed by atoms with Crippen LogP contribution < -0.4 is 5.32 Å². The number of nitriles is 1. The number of benzene rings is 1. The Morgan fingerprint density at radius 1 is 1.47 bits per heavy atom. The molecule has 0 saturated carbocycles. The molecule has 1 rings (SSSR count). The number of nitrogens with zero attached hydrogens (tertiary/aromatic N) is 2. The van der Waals surface area contributed by atoms with Gasteiger partial charge in [-0.2, -0.15) is 5.26 Å². The monoisotopic (exact) mass is 261 g/mol. The number of aryl methyl sites for hydroxylation is 1. The molecule has 1 atom stereocenters. The maximum absolute atomic E-state index is 11.9. The number of aliphatic carboxylic acids is 1. The smallest absolute Gasteiger partial charge is 0.326 e. The second kappa shape index (κ2) is 5.87. The van der Waals surface area contributed by atoms with Crippen LogP contribution in [-0.2, 0) is 4.79 Å². The highest BCUT2D eigenvalue weighted by Crippen LogP contribution is 2.18. The molecule has 19 heavy (non-hydrogen) atoms. The molecule has 0 bridgehead atoms. The molecule has 1 aromatic carbocycles. The Morgan fingerprint density at radius 3 is 2.63 bits per heavy atom. The molecule has 2 amide bonds. The Labute approximate surface area is 111 Å². The van der Waals surface area contributed by atoms with E-state index < -0.39 is 18.0 Å². The zero-order valence-corrected chi connectivity index (χ0v) is 11.0. The van der Waals surface area contributed by atoms with Crippen LogP contribution in [0.25, 0.3) is 0 Å². The Hall–Kier alpha value is -2.55. The number of likely N-dealkylation sites (N-methyl/N-ethyl adjacent to an activating group) is 1. The summed E-state index contributed by atoms with van der Waals surface area (Å²) in [5, 5.41) is 20.4. The number of rotatable bonds is 3. The molecular formula is C13H15N3O3. The molecule has 0 radical (unpaired) electrons. The zero-order valence-electron chi connectivity index (χ0n) is 11.0. The number of carboxylic acid groups (broad SMARTS) is 1. The van der Waals surface area contributed by atoms with Crippen molar-refractivity contribution >= 4 is 17.7 Å². The van der Waals surface area contributed by atoms with Crippen molar-refractivity contribution in [3.05, 3.63) is 29.3 Å². The van der Waals surface area contributed by atoms with E-state index in [-0.39, 0.29) is 0 Å². The van der Waals surface area contributed by atoms with Gasteiger partial charge in [-0.3, -0.25) is 0 Å². The van der Waals surface area contributed by atoms with Crippen LogP contribution in [0, 0.1) is 18.3 Å². The van der Waals surface area contributed by atoms with Crippen LogP contribution in [0.3, 0.4) is 0 Å². The molecular weight excluding hydrogens is 246 g/mol. The van der Waals surface area contributed by atoms with Crippen molar-refractivity contribution in [2.75, 3.05) is 12.4 Å². The molecule has 1 aromatic rings. The predicted molar refractivity (Wildman–Crippen MR) is 69.8 cm³/mol. The van der Waals surface area contributed by atoms with E-state index in [4.69, 9.17) is 10.4 Å². The van der Waals surface area contributed by atoms with Gasteiger partial charge in [0.1, 0.15) is 12.1 Å². The summed E-state index contributed by atoms with van der Waals surface area (Å²) in [6.07, 6.45) is 0. The molecule has 0 heterocycles. The van der Waals surface area contributed by atoms with Crippen molar-refractivity contribution in [1.82, 2.24) is 4.90 Å². The number of urea groups is 1. The summed E-state index contributed by atoms with van der Waals surface area (Å²) in [4.78, 5) is 23.7. The number of anilines is 1. The van der Waals surface area contributed by atoms with Crippen LogP contribution in [0.1, 0.15) is 18.1 Å². The van der Waals surface area contributed by atoms with Gasteiger partial charge >= 0.3 is 12.0 Å². The molecule has 6 nitrogen and oxygen atoms in total. The van der Waals surface area contributed by atoms with Crippen LogP contribution >= 0.6 is 0 Å². The molecule has 0 fully saturated rings. The third kappa shape index (κ3) is 3.22. The fourth-order valence-corrected chi connectivity index (χ4v) is 1.47. The number of carbonyl (C=O) groups excluding carboxylic acids is 1. The molecule has 0 aliphatic heterocycles. The van der Waals surface area contributed by atoms with Crippen molar-refractivity contribution in [3.63, 3.8) is 0 Å². The molecule has 0 spiro atoms. The lowest BCUT2D eigenvalue weighted by atomic mass is 10.1. The normalized spacial score (nSPS) is 11.3. The molecule has 100 valence electrons. The second-order valence-electron chi connectivity index (χ2n) is 4.16. The minimum absolute atomic E-state index is 0.368. The fourth-order valence-electron chi connectivity index (χ4n) is 1.47. The summed E-state index contributed by atoms with van der Waals surface area (Å²) in [5.74, 6) is -1.10. The van der Waals surface area contributed by atoms with Gasteiger partial charge in [-0.15, -0.1) is 0 Å². The van der Waals surface area contributed by atoms with E-state index in [9.17, 15) is 9.59 Å². The quantitative estimate of drug-likeness (QED) is 0.867. The lowest BCUT2D eigenvalue weighted by Gasteiger charge is -2.22. The van der Waals surface area contributed by atoms with Gasteiger partial charge < -0.3 is 15.3 Å². The van der Waals surface area contributed by atoms with Crippen LogP contribution in [0.5, 0.6) is 0 Å². The Balaban J connectivity index is 2.92. The lowest BCUT2D eigenvalue weighted by molar-refractivity contribution is -0.141. The Kier molecular flexibility index (Phi) is 4.48. The minimum atomic E-state index is -1.10. The molecule has 6 heteroatoms. The van der Waals surface area contributed by atoms with Crippen molar-refractivity contribution in [2.24, 2.45) is 0 Å². The van der Waals surface area contributed by atoms with E-state index in [1.165, 1.54) is 14.0 Å². The standard InChI is InChI=1S/C13H15N3O3/c1-8-5-4-6-11(10(8)7-14)15-13(19)16(3)9(2)12(17)18/h4-6,9H,1-3H3,(H,15,19)(H,17,18). The lowest BCUT2D eigenvalue weighted by Crippen LogP contribution is -2.42. The highest BCUT2D eigenvalue weighted by atomic mass is 16.4. The molecule has 0 aliphatic rings. The van der Waals surface area contributed by atoms with Gasteiger partial charge in [-0.1, -0.05) is 12.1 Å². The fraction of sp³-hybridized carbons (Fsp3) is 0.308. The zero-order chi connectivity index (χ0) is 14.6. The number of nitrogens with one attached hydrogen (secondary N) is 1. The summed E-state index contributed by atoms with van der Waals surface area (Å²) < 4.78 is 0. The summed E-state index contributed by atoms with van der Waals surface area (Å²) >= 11 is 0. The number of hydrogen-bond acceptors (Lipinski definition) is 3. The SMILES string of the molecule is Cc1cccc(NC(=O)N(C)C(C)C(=O)O)c1C#N. The van der Waals surface area contributed by atoms with E-state index in [0.29, 0.717) is 11.3 Å². The molecule has 2 N–H and O–H groups in total. The van der Waals surface area contributed by atoms with Crippen molar-refractivity contribution in [1.29, 1.82) is 5.26 Å². The highest BCUT2D eigenvalue weighted by molar-refractivity contribution is 5.93. The molecule has 0 aliphatic carbocycles. The first-order valence-electron chi connectivity index (χ1n) is 5.64. The van der Waals surface area contributed by atoms with Crippen LogP contribution in [0.15, 0.2) is 18.2 Å². The van der Waals surface area contributed by atoms with E-state index in [1.807, 2.05) is 6.07 Å². The maximum Gasteiger partial charge on any atom is 0.326 e. The third-order valence-electron chi connectivity index (χ3n) is 2.88. The van der Waals surface area contributed by atoms with Gasteiger partial charge in [0.25, 0.3) is 0 Å². The first-order chi connectivity index (χ1) is 8.88. The van der Waals surface area contributed by atoms with Gasteiger partial charge in [0.2, 0.25) is 0 Å². The first kappa shape index (κ1) is 14.5. The number of amides is 2. The average molecular weight is 261 g/mol. The minimum Gasteiger partial charge on any atom is -0.480 e. The molecule has 0 saturated heterocycles. The van der Waals surface area contributed by atoms with Crippen LogP contribution in [0.4, 0.5) is 10.5 Å². The largest absolute Gasteiger partial charge is 0.480 e. The molecule has 1 unspecified atom stereocenters. The molecule has 0 aromatic heterocycles. The number of carbonyl (C=O) groups is 2. The van der Waals surface area contributed by atoms with Crippen LogP contribution in [0.2, 0.25) is 0 Å². The maximum atomic E-state index is 11.9. The van der Waals surface area contributed by atoms with Gasteiger partial charge in [0, 0.05) is 7.05 Å². The van der Waals surface area contributed by atoms with E-state index in [1.54, 1.807) is 25.1 Å². The number of hydrogen-bond donors (Lipinski definition) is 2. The van der Waals surface area contributed by atoms with Crippen molar-refractivity contribution < 1.29 is 14.7 Å². The predicted octanol–water partition coefficient (Wildman–Crippen LogP) is 1.80. The topological polar surface area (TPSA) is 93.4 Å². The summed E-state index contributed by atoms with van der Waals surface area (Å²) in [6.45, 7) is 3.17. The van der Waals surface area contributed by atoms with Crippen molar-refractivity contribution in [2.45, 2.75) is 19.9 Å². The third-order valence-corrected chi connectivity index (χ3v) is 2.88. The van der Waals surface area contributed by atoms with Gasteiger partial charge in [-0.25, -0.2) is 9.59 Å². The van der Waals surface area contributed by atoms with Crippen LogP contribution in [-0.4, -0.2) is 35.1 Å². The van der Waals surface area contributed by atoms with Crippen molar-refractivity contribution in [3.8, 4) is 6.07 Å². The summed E-state index contributed by atoms with van der Waals surface area (Å²) in [7, 11) is 1.38. The number of carboxylic acids is 1. The van der Waals surface area contributed by atoms with E-state index >= 15 is 0 Å². The first-order valence-corrected chi connectivity index (χ1v) is 5.64. The Bertz CT molecular complexity index is 549. The second-order valence-corrected chi connectivity index (χ2v) is 4.16. The highest BCUT2D eigenvalue weighted by Gasteiger charge is 2.22. The van der Waals surface area contributed by atoms with Gasteiger partial charge in [0.05, 0.1) is 11.3 Å². The van der Waals surface area contributed by atoms with E-state index in [2.05, 4.69) is 5.32 Å². The summed E-state index contributed by atoms with van der Waals surface area (Å²) in [6, 6.07) is 5.57. The summed E-state index contributed by atoms with van der Waals surface area (Å²) in [5.41, 5.74) is 1.48. The van der Waals surface area contributed by atoms with E-state index in [0.717, 1.165) is 10.5 Å².